The minimum Gasteiger partial charge on any atom is -0.309 e. The Bertz CT molecular complexity index is 253. The molecule has 0 aliphatic rings. The van der Waals surface area contributed by atoms with Crippen LogP contribution in [0.5, 0.6) is 0 Å². The third kappa shape index (κ3) is 4.98. The van der Waals surface area contributed by atoms with Crippen molar-refractivity contribution in [2.75, 3.05) is 20.6 Å². The molecule has 0 heterocycles. The molecular formula is C14H23N. The topological polar surface area (TPSA) is 3.24 Å². The van der Waals surface area contributed by atoms with E-state index in [4.69, 9.17) is 0 Å². The van der Waals surface area contributed by atoms with Crippen LogP contribution < -0.4 is 0 Å². The molecule has 0 aliphatic heterocycles. The number of rotatable bonds is 6. The standard InChI is InChI=1S/C14H23N/c1-4-8-14(12-15(2)3)11-13-9-6-5-7-10-13/h5-7,9-10,14H,4,8,11-12H2,1-3H3. The first-order valence-corrected chi connectivity index (χ1v) is 5.91. The van der Waals surface area contributed by atoms with E-state index in [9.17, 15) is 0 Å². The van der Waals surface area contributed by atoms with Crippen molar-refractivity contribution >= 4 is 0 Å². The molecule has 0 saturated heterocycles. The molecule has 0 N–H and O–H groups in total. The molecular weight excluding hydrogens is 182 g/mol. The van der Waals surface area contributed by atoms with Gasteiger partial charge in [-0.15, -0.1) is 0 Å². The zero-order valence-electron chi connectivity index (χ0n) is 10.2. The van der Waals surface area contributed by atoms with E-state index in [0.717, 1.165) is 5.92 Å². The van der Waals surface area contributed by atoms with Gasteiger partial charge in [0.1, 0.15) is 0 Å². The summed E-state index contributed by atoms with van der Waals surface area (Å²) in [4.78, 5) is 2.29. The highest BCUT2D eigenvalue weighted by molar-refractivity contribution is 5.15. The summed E-state index contributed by atoms with van der Waals surface area (Å²) < 4.78 is 0. The Labute approximate surface area is 94.1 Å². The number of hydrogen-bond acceptors (Lipinski definition) is 1. The molecule has 0 bridgehead atoms. The lowest BCUT2D eigenvalue weighted by atomic mass is 9.95. The van der Waals surface area contributed by atoms with Crippen molar-refractivity contribution in [2.24, 2.45) is 5.92 Å². The summed E-state index contributed by atoms with van der Waals surface area (Å²) in [5, 5.41) is 0. The maximum absolute atomic E-state index is 2.29. The van der Waals surface area contributed by atoms with Crippen LogP contribution in [-0.4, -0.2) is 25.5 Å². The Hall–Kier alpha value is -0.820. The van der Waals surface area contributed by atoms with Crippen molar-refractivity contribution in [1.29, 1.82) is 0 Å². The van der Waals surface area contributed by atoms with Crippen molar-refractivity contribution in [2.45, 2.75) is 26.2 Å². The fraction of sp³-hybridized carbons (Fsp3) is 0.571. The molecule has 0 saturated carbocycles. The minimum absolute atomic E-state index is 0.799. The minimum atomic E-state index is 0.799. The molecule has 1 rings (SSSR count). The van der Waals surface area contributed by atoms with Crippen LogP contribution in [0.3, 0.4) is 0 Å². The van der Waals surface area contributed by atoms with E-state index in [0.29, 0.717) is 0 Å². The fourth-order valence-corrected chi connectivity index (χ4v) is 2.13. The maximum Gasteiger partial charge on any atom is 0.000674 e. The van der Waals surface area contributed by atoms with Gasteiger partial charge in [0.25, 0.3) is 0 Å². The third-order valence-corrected chi connectivity index (χ3v) is 2.69. The first-order valence-electron chi connectivity index (χ1n) is 5.91. The van der Waals surface area contributed by atoms with Gasteiger partial charge in [-0.25, -0.2) is 0 Å². The van der Waals surface area contributed by atoms with Crippen molar-refractivity contribution in [3.05, 3.63) is 35.9 Å². The lowest BCUT2D eigenvalue weighted by Crippen LogP contribution is -2.23. The molecule has 0 radical (unpaired) electrons. The SMILES string of the molecule is CCCC(Cc1ccccc1)CN(C)C. The molecule has 1 atom stereocenters. The average Bonchev–Trinajstić information content (AvgIpc) is 2.18. The van der Waals surface area contributed by atoms with Crippen molar-refractivity contribution in [3.63, 3.8) is 0 Å². The summed E-state index contributed by atoms with van der Waals surface area (Å²) in [7, 11) is 4.32. The van der Waals surface area contributed by atoms with Gasteiger partial charge >= 0.3 is 0 Å². The summed E-state index contributed by atoms with van der Waals surface area (Å²) in [6.07, 6.45) is 3.82. The molecule has 0 aromatic heterocycles. The third-order valence-electron chi connectivity index (χ3n) is 2.69. The van der Waals surface area contributed by atoms with Gasteiger partial charge in [-0.2, -0.15) is 0 Å². The quantitative estimate of drug-likeness (QED) is 0.689. The average molecular weight is 205 g/mol. The van der Waals surface area contributed by atoms with E-state index in [2.05, 4.69) is 56.3 Å². The Kier molecular flexibility index (Phi) is 5.41. The predicted molar refractivity (Wildman–Crippen MR) is 67.1 cm³/mol. The van der Waals surface area contributed by atoms with E-state index in [1.54, 1.807) is 0 Å². The Balaban J connectivity index is 2.50. The van der Waals surface area contributed by atoms with Gasteiger partial charge in [-0.05, 0) is 38.4 Å². The summed E-state index contributed by atoms with van der Waals surface area (Å²) in [5.41, 5.74) is 1.47. The van der Waals surface area contributed by atoms with Crippen LogP contribution in [0.1, 0.15) is 25.3 Å². The second-order valence-corrected chi connectivity index (χ2v) is 4.61. The maximum atomic E-state index is 2.29. The van der Waals surface area contributed by atoms with Gasteiger partial charge in [0.15, 0.2) is 0 Å². The Morgan fingerprint density at radius 2 is 1.80 bits per heavy atom. The highest BCUT2D eigenvalue weighted by atomic mass is 15.1. The smallest absolute Gasteiger partial charge is 0.000674 e. The molecule has 1 aromatic rings. The summed E-state index contributed by atoms with van der Waals surface area (Å²) in [5.74, 6) is 0.799. The van der Waals surface area contributed by atoms with E-state index >= 15 is 0 Å². The number of hydrogen-bond donors (Lipinski definition) is 0. The van der Waals surface area contributed by atoms with Gasteiger partial charge in [-0.3, -0.25) is 0 Å². The van der Waals surface area contributed by atoms with Gasteiger partial charge < -0.3 is 4.90 Å². The van der Waals surface area contributed by atoms with Gasteiger partial charge in [0, 0.05) is 6.54 Å². The van der Waals surface area contributed by atoms with Gasteiger partial charge in [-0.1, -0.05) is 43.7 Å². The molecule has 15 heavy (non-hydrogen) atoms. The highest BCUT2D eigenvalue weighted by Crippen LogP contribution is 2.14. The molecule has 1 nitrogen and oxygen atoms in total. The first kappa shape index (κ1) is 12.3. The number of benzene rings is 1. The zero-order chi connectivity index (χ0) is 11.1. The van der Waals surface area contributed by atoms with Crippen LogP contribution in [0.2, 0.25) is 0 Å². The Morgan fingerprint density at radius 3 is 2.33 bits per heavy atom. The van der Waals surface area contributed by atoms with Crippen molar-refractivity contribution in [1.82, 2.24) is 4.90 Å². The largest absolute Gasteiger partial charge is 0.309 e. The molecule has 0 amide bonds. The monoisotopic (exact) mass is 205 g/mol. The molecule has 0 fully saturated rings. The summed E-state index contributed by atoms with van der Waals surface area (Å²) in [6.45, 7) is 3.47. The van der Waals surface area contributed by atoms with Crippen LogP contribution in [0.15, 0.2) is 30.3 Å². The van der Waals surface area contributed by atoms with Crippen LogP contribution >= 0.6 is 0 Å². The van der Waals surface area contributed by atoms with E-state index in [-0.39, 0.29) is 0 Å². The van der Waals surface area contributed by atoms with Crippen molar-refractivity contribution in [3.8, 4) is 0 Å². The molecule has 1 aromatic carbocycles. The van der Waals surface area contributed by atoms with Gasteiger partial charge in [0.2, 0.25) is 0 Å². The molecule has 1 heteroatoms. The molecule has 1 unspecified atom stereocenters. The molecule has 84 valence electrons. The zero-order valence-corrected chi connectivity index (χ0v) is 10.2. The van der Waals surface area contributed by atoms with Crippen LogP contribution in [0.25, 0.3) is 0 Å². The Morgan fingerprint density at radius 1 is 1.13 bits per heavy atom. The second-order valence-electron chi connectivity index (χ2n) is 4.61. The van der Waals surface area contributed by atoms with Gasteiger partial charge in [0.05, 0.1) is 0 Å². The number of nitrogens with zero attached hydrogens (tertiary/aromatic N) is 1. The summed E-state index contributed by atoms with van der Waals surface area (Å²) in [6, 6.07) is 10.8. The normalized spacial score (nSPS) is 13.1. The lowest BCUT2D eigenvalue weighted by molar-refractivity contribution is 0.308. The summed E-state index contributed by atoms with van der Waals surface area (Å²) >= 11 is 0. The van der Waals surface area contributed by atoms with E-state index < -0.39 is 0 Å². The van der Waals surface area contributed by atoms with Crippen LogP contribution in [0, 0.1) is 5.92 Å². The second kappa shape index (κ2) is 6.62. The lowest BCUT2D eigenvalue weighted by Gasteiger charge is -2.20. The fourth-order valence-electron chi connectivity index (χ4n) is 2.13. The highest BCUT2D eigenvalue weighted by Gasteiger charge is 2.09. The van der Waals surface area contributed by atoms with E-state index in [1.165, 1.54) is 31.4 Å². The first-order chi connectivity index (χ1) is 7.22. The molecule has 0 aliphatic carbocycles. The predicted octanol–water partition coefficient (Wildman–Crippen LogP) is 3.21. The van der Waals surface area contributed by atoms with E-state index in [1.807, 2.05) is 0 Å². The van der Waals surface area contributed by atoms with Crippen LogP contribution in [-0.2, 0) is 6.42 Å². The van der Waals surface area contributed by atoms with Crippen LogP contribution in [0.4, 0.5) is 0 Å². The van der Waals surface area contributed by atoms with Crippen molar-refractivity contribution < 1.29 is 0 Å². The molecule has 0 spiro atoms.